The Balaban J connectivity index is 2.17. The molecule has 20 heavy (non-hydrogen) atoms. The molecule has 0 saturated carbocycles. The van der Waals surface area contributed by atoms with Crippen LogP contribution in [-0.4, -0.2) is 22.3 Å². The Bertz CT molecular complexity index is 820. The highest BCUT2D eigenvalue weighted by Crippen LogP contribution is 2.26. The van der Waals surface area contributed by atoms with Gasteiger partial charge in [-0.3, -0.25) is 4.79 Å². The zero-order valence-electron chi connectivity index (χ0n) is 10.2. The molecule has 1 heterocycles. The topological polar surface area (TPSA) is 80.4 Å². The maximum atomic E-state index is 11.0. The first-order valence-electron chi connectivity index (χ1n) is 5.87. The molecule has 3 aromatic rings. The summed E-state index contributed by atoms with van der Waals surface area (Å²) < 4.78 is 5.57. The van der Waals surface area contributed by atoms with Crippen LogP contribution in [0.5, 0.6) is 0 Å². The van der Waals surface area contributed by atoms with E-state index in [2.05, 4.69) is 4.98 Å². The standard InChI is InChI=1S/C15H9NO4/c17-8-11-5-2-6-12-13(11)16-14(20-12)9-3-1-4-10(7-9)15(18)19/h1-8H,(H,18,19). The van der Waals surface area contributed by atoms with Crippen molar-refractivity contribution in [1.82, 2.24) is 4.98 Å². The van der Waals surface area contributed by atoms with Crippen LogP contribution < -0.4 is 0 Å². The zero-order valence-corrected chi connectivity index (χ0v) is 10.2. The molecule has 1 aromatic heterocycles. The fraction of sp³-hybridized carbons (Fsp3) is 0. The number of hydrogen-bond donors (Lipinski definition) is 1. The van der Waals surface area contributed by atoms with Gasteiger partial charge in [0, 0.05) is 11.1 Å². The first-order valence-corrected chi connectivity index (χ1v) is 5.87. The van der Waals surface area contributed by atoms with E-state index in [4.69, 9.17) is 9.52 Å². The second-order valence-electron chi connectivity index (χ2n) is 4.22. The Morgan fingerprint density at radius 2 is 2.00 bits per heavy atom. The molecule has 1 N–H and O–H groups in total. The summed E-state index contributed by atoms with van der Waals surface area (Å²) in [7, 11) is 0. The van der Waals surface area contributed by atoms with Gasteiger partial charge in [0.1, 0.15) is 5.52 Å². The summed E-state index contributed by atoms with van der Waals surface area (Å²) in [6.45, 7) is 0. The fourth-order valence-electron chi connectivity index (χ4n) is 1.97. The van der Waals surface area contributed by atoms with Crippen LogP contribution >= 0.6 is 0 Å². The predicted octanol–water partition coefficient (Wildman–Crippen LogP) is 3.01. The van der Waals surface area contributed by atoms with Crippen molar-refractivity contribution < 1.29 is 19.1 Å². The molecule has 0 aliphatic carbocycles. The van der Waals surface area contributed by atoms with Gasteiger partial charge in [-0.05, 0) is 30.3 Å². The molecule has 0 amide bonds. The van der Waals surface area contributed by atoms with Crippen molar-refractivity contribution in [2.45, 2.75) is 0 Å². The van der Waals surface area contributed by atoms with Gasteiger partial charge in [-0.25, -0.2) is 9.78 Å². The van der Waals surface area contributed by atoms with Gasteiger partial charge in [-0.2, -0.15) is 0 Å². The third-order valence-corrected chi connectivity index (χ3v) is 2.93. The van der Waals surface area contributed by atoms with Gasteiger partial charge < -0.3 is 9.52 Å². The van der Waals surface area contributed by atoms with Crippen LogP contribution in [0, 0.1) is 0 Å². The molecule has 0 aliphatic rings. The van der Waals surface area contributed by atoms with Crippen LogP contribution in [0.4, 0.5) is 0 Å². The van der Waals surface area contributed by atoms with E-state index < -0.39 is 5.97 Å². The van der Waals surface area contributed by atoms with Gasteiger partial charge in [0.15, 0.2) is 11.9 Å². The van der Waals surface area contributed by atoms with Gasteiger partial charge in [0.25, 0.3) is 0 Å². The van der Waals surface area contributed by atoms with Crippen LogP contribution in [0.3, 0.4) is 0 Å². The number of carboxylic acids is 1. The fourth-order valence-corrected chi connectivity index (χ4v) is 1.97. The molecular formula is C15H9NO4. The molecule has 0 bridgehead atoms. The van der Waals surface area contributed by atoms with Gasteiger partial charge in [0.05, 0.1) is 5.56 Å². The lowest BCUT2D eigenvalue weighted by molar-refractivity contribution is 0.0696. The molecule has 0 unspecified atom stereocenters. The lowest BCUT2D eigenvalue weighted by Crippen LogP contribution is -1.95. The third-order valence-electron chi connectivity index (χ3n) is 2.93. The number of benzene rings is 2. The van der Waals surface area contributed by atoms with Gasteiger partial charge in [-0.15, -0.1) is 0 Å². The second kappa shape index (κ2) is 4.62. The first-order chi connectivity index (χ1) is 9.69. The van der Waals surface area contributed by atoms with E-state index in [1.165, 1.54) is 12.1 Å². The molecule has 0 radical (unpaired) electrons. The van der Waals surface area contributed by atoms with Crippen molar-refractivity contribution >= 4 is 23.4 Å². The van der Waals surface area contributed by atoms with Crippen molar-refractivity contribution in [2.24, 2.45) is 0 Å². The Kier molecular flexibility index (Phi) is 2.80. The van der Waals surface area contributed by atoms with Crippen LogP contribution in [0.1, 0.15) is 20.7 Å². The maximum Gasteiger partial charge on any atom is 0.335 e. The van der Waals surface area contributed by atoms with Crippen LogP contribution in [0.2, 0.25) is 0 Å². The highest BCUT2D eigenvalue weighted by Gasteiger charge is 2.12. The first kappa shape index (κ1) is 12.1. The smallest absolute Gasteiger partial charge is 0.335 e. The molecule has 5 nitrogen and oxygen atoms in total. The minimum absolute atomic E-state index is 0.153. The SMILES string of the molecule is O=Cc1cccc2oc(-c3cccc(C(=O)O)c3)nc12. The highest BCUT2D eigenvalue weighted by atomic mass is 16.4. The Labute approximate surface area is 113 Å². The number of rotatable bonds is 3. The number of hydrogen-bond acceptors (Lipinski definition) is 4. The summed E-state index contributed by atoms with van der Waals surface area (Å²) in [6.07, 6.45) is 0.711. The molecule has 0 atom stereocenters. The highest BCUT2D eigenvalue weighted by molar-refractivity contribution is 5.94. The van der Waals surface area contributed by atoms with E-state index in [1.54, 1.807) is 30.3 Å². The number of aromatic nitrogens is 1. The van der Waals surface area contributed by atoms with Crippen molar-refractivity contribution in [3.8, 4) is 11.5 Å². The number of carbonyl (C=O) groups excluding carboxylic acids is 1. The molecular weight excluding hydrogens is 258 g/mol. The van der Waals surface area contributed by atoms with E-state index in [-0.39, 0.29) is 11.5 Å². The largest absolute Gasteiger partial charge is 0.478 e. The number of nitrogens with zero attached hydrogens (tertiary/aromatic N) is 1. The average Bonchev–Trinajstić information content (AvgIpc) is 2.91. The number of fused-ring (bicyclic) bond motifs is 1. The Morgan fingerprint density at radius 1 is 1.20 bits per heavy atom. The normalized spacial score (nSPS) is 10.6. The van der Waals surface area contributed by atoms with Crippen LogP contribution in [0.25, 0.3) is 22.6 Å². The molecule has 2 aromatic carbocycles. The van der Waals surface area contributed by atoms with Crippen molar-refractivity contribution in [1.29, 1.82) is 0 Å². The number of carbonyl (C=O) groups is 2. The van der Waals surface area contributed by atoms with Crippen molar-refractivity contribution in [2.75, 3.05) is 0 Å². The number of para-hydroxylation sites is 1. The van der Waals surface area contributed by atoms with E-state index in [9.17, 15) is 9.59 Å². The molecule has 0 saturated heterocycles. The zero-order chi connectivity index (χ0) is 14.1. The Morgan fingerprint density at radius 3 is 2.75 bits per heavy atom. The molecule has 0 fully saturated rings. The quantitative estimate of drug-likeness (QED) is 0.738. The summed E-state index contributed by atoms with van der Waals surface area (Å²) in [5, 5.41) is 8.98. The van der Waals surface area contributed by atoms with E-state index in [1.807, 2.05) is 0 Å². The lowest BCUT2D eigenvalue weighted by Gasteiger charge is -1.97. The molecule has 98 valence electrons. The predicted molar refractivity (Wildman–Crippen MR) is 71.8 cm³/mol. The monoisotopic (exact) mass is 267 g/mol. The second-order valence-corrected chi connectivity index (χ2v) is 4.22. The summed E-state index contributed by atoms with van der Waals surface area (Å²) in [5.74, 6) is -0.728. The van der Waals surface area contributed by atoms with E-state index >= 15 is 0 Å². The number of carboxylic acid groups (broad SMARTS) is 1. The van der Waals surface area contributed by atoms with Crippen molar-refractivity contribution in [3.63, 3.8) is 0 Å². The van der Waals surface area contributed by atoms with Crippen molar-refractivity contribution in [3.05, 3.63) is 53.6 Å². The summed E-state index contributed by atoms with van der Waals surface area (Å²) >= 11 is 0. The molecule has 0 spiro atoms. The number of oxazole rings is 1. The van der Waals surface area contributed by atoms with Crippen LogP contribution in [0.15, 0.2) is 46.9 Å². The summed E-state index contributed by atoms with van der Waals surface area (Å²) in [4.78, 5) is 26.2. The van der Waals surface area contributed by atoms with Gasteiger partial charge in [0.2, 0.25) is 5.89 Å². The Hall–Kier alpha value is -2.95. The third kappa shape index (κ3) is 1.95. The minimum atomic E-state index is -1.02. The van der Waals surface area contributed by atoms with E-state index in [0.717, 1.165) is 0 Å². The number of aromatic carboxylic acids is 1. The molecule has 3 rings (SSSR count). The molecule has 5 heteroatoms. The number of aldehydes is 1. The summed E-state index contributed by atoms with van der Waals surface area (Å²) in [5.41, 5.74) is 2.11. The average molecular weight is 267 g/mol. The van der Waals surface area contributed by atoms with E-state index in [0.29, 0.717) is 28.5 Å². The minimum Gasteiger partial charge on any atom is -0.478 e. The maximum absolute atomic E-state index is 11.0. The lowest BCUT2D eigenvalue weighted by atomic mass is 10.1. The van der Waals surface area contributed by atoms with Crippen LogP contribution in [-0.2, 0) is 0 Å². The summed E-state index contributed by atoms with van der Waals surface area (Å²) in [6, 6.07) is 11.4. The van der Waals surface area contributed by atoms with Gasteiger partial charge >= 0.3 is 5.97 Å². The van der Waals surface area contributed by atoms with Gasteiger partial charge in [-0.1, -0.05) is 12.1 Å². The molecule has 0 aliphatic heterocycles.